The van der Waals surface area contributed by atoms with E-state index in [-0.39, 0.29) is 0 Å². The smallest absolute Gasteiger partial charge is 0.146 e. The molecule has 0 heterocycles. The lowest BCUT2D eigenvalue weighted by Gasteiger charge is -2.11. The highest BCUT2D eigenvalue weighted by Gasteiger charge is 2.22. The first-order valence-corrected chi connectivity index (χ1v) is 5.50. The summed E-state index contributed by atoms with van der Waals surface area (Å²) in [7, 11) is 1.60. The SMILES string of the molecule is COc1cc(Cl)ccc1C(=NC1CC1)NN. The van der Waals surface area contributed by atoms with Crippen LogP contribution in [0.3, 0.4) is 0 Å². The Morgan fingerprint density at radius 2 is 2.31 bits per heavy atom. The van der Waals surface area contributed by atoms with Crippen LogP contribution in [0.4, 0.5) is 0 Å². The van der Waals surface area contributed by atoms with Gasteiger partial charge in [0.1, 0.15) is 11.6 Å². The van der Waals surface area contributed by atoms with Crippen molar-refractivity contribution in [3.63, 3.8) is 0 Å². The van der Waals surface area contributed by atoms with Gasteiger partial charge in [-0.1, -0.05) is 11.6 Å². The zero-order valence-corrected chi connectivity index (χ0v) is 9.79. The van der Waals surface area contributed by atoms with Crippen molar-refractivity contribution in [3.05, 3.63) is 28.8 Å². The third-order valence-corrected chi connectivity index (χ3v) is 2.65. The molecule has 0 unspecified atom stereocenters. The number of rotatable bonds is 3. The number of amidine groups is 1. The largest absolute Gasteiger partial charge is 0.496 e. The van der Waals surface area contributed by atoms with Gasteiger partial charge < -0.3 is 10.2 Å². The molecule has 1 aromatic carbocycles. The second kappa shape index (κ2) is 4.72. The van der Waals surface area contributed by atoms with Gasteiger partial charge in [-0.15, -0.1) is 0 Å². The summed E-state index contributed by atoms with van der Waals surface area (Å²) >= 11 is 5.89. The molecule has 0 radical (unpaired) electrons. The Labute approximate surface area is 99.4 Å². The number of nitrogens with two attached hydrogens (primary N) is 1. The molecule has 0 aromatic heterocycles. The Hall–Kier alpha value is -1.26. The normalized spacial score (nSPS) is 16.1. The molecule has 1 saturated carbocycles. The molecule has 0 amide bonds. The highest BCUT2D eigenvalue weighted by Crippen LogP contribution is 2.27. The third kappa shape index (κ3) is 2.46. The summed E-state index contributed by atoms with van der Waals surface area (Å²) < 4.78 is 5.25. The standard InChI is InChI=1S/C11H14ClN3O/c1-16-10-6-7(12)2-5-9(10)11(15-13)14-8-3-4-8/h2,5-6,8H,3-4,13H2,1H3,(H,14,15). The van der Waals surface area contributed by atoms with Crippen LogP contribution in [0.2, 0.25) is 5.02 Å². The van der Waals surface area contributed by atoms with Gasteiger partial charge in [0.25, 0.3) is 0 Å². The van der Waals surface area contributed by atoms with Crippen LogP contribution in [0.25, 0.3) is 0 Å². The molecule has 0 atom stereocenters. The average molecular weight is 240 g/mol. The van der Waals surface area contributed by atoms with Crippen LogP contribution < -0.4 is 16.0 Å². The van der Waals surface area contributed by atoms with E-state index in [1.165, 1.54) is 0 Å². The zero-order valence-electron chi connectivity index (χ0n) is 9.03. The van der Waals surface area contributed by atoms with Gasteiger partial charge in [-0.05, 0) is 31.0 Å². The van der Waals surface area contributed by atoms with Crippen molar-refractivity contribution in [2.75, 3.05) is 7.11 Å². The molecule has 2 rings (SSSR count). The van der Waals surface area contributed by atoms with Crippen LogP contribution in [0.5, 0.6) is 5.75 Å². The minimum Gasteiger partial charge on any atom is -0.496 e. The van der Waals surface area contributed by atoms with E-state index in [2.05, 4.69) is 10.4 Å². The first-order valence-electron chi connectivity index (χ1n) is 5.13. The summed E-state index contributed by atoms with van der Waals surface area (Å²) in [6.45, 7) is 0. The van der Waals surface area contributed by atoms with E-state index in [9.17, 15) is 0 Å². The van der Waals surface area contributed by atoms with Gasteiger partial charge in [0.2, 0.25) is 0 Å². The Balaban J connectivity index is 2.36. The van der Waals surface area contributed by atoms with Crippen LogP contribution in [0, 0.1) is 0 Å². The number of nitrogens with zero attached hydrogens (tertiary/aromatic N) is 1. The van der Waals surface area contributed by atoms with E-state index in [4.69, 9.17) is 22.2 Å². The van der Waals surface area contributed by atoms with Crippen LogP contribution >= 0.6 is 11.6 Å². The maximum atomic E-state index is 5.89. The van der Waals surface area contributed by atoms with Crippen molar-refractivity contribution in [1.29, 1.82) is 0 Å². The molecule has 5 heteroatoms. The fourth-order valence-electron chi connectivity index (χ4n) is 1.43. The van der Waals surface area contributed by atoms with E-state index in [0.717, 1.165) is 18.4 Å². The molecule has 0 aliphatic heterocycles. The summed E-state index contributed by atoms with van der Waals surface area (Å²) in [4.78, 5) is 4.47. The van der Waals surface area contributed by atoms with E-state index < -0.39 is 0 Å². The third-order valence-electron chi connectivity index (χ3n) is 2.41. The number of ether oxygens (including phenoxy) is 1. The van der Waals surface area contributed by atoms with E-state index in [0.29, 0.717) is 22.6 Å². The second-order valence-corrected chi connectivity index (χ2v) is 4.13. The first kappa shape index (κ1) is 11.2. The Kier molecular flexibility index (Phi) is 3.31. The fourth-order valence-corrected chi connectivity index (χ4v) is 1.59. The van der Waals surface area contributed by atoms with Crippen molar-refractivity contribution >= 4 is 17.4 Å². The molecule has 0 bridgehead atoms. The summed E-state index contributed by atoms with van der Waals surface area (Å²) in [6.07, 6.45) is 2.25. The van der Waals surface area contributed by atoms with Gasteiger partial charge in [0, 0.05) is 5.02 Å². The molecular weight excluding hydrogens is 226 g/mol. The maximum Gasteiger partial charge on any atom is 0.146 e. The summed E-state index contributed by atoms with van der Waals surface area (Å²) in [5.74, 6) is 6.79. The van der Waals surface area contributed by atoms with Gasteiger partial charge in [-0.25, -0.2) is 5.84 Å². The summed E-state index contributed by atoms with van der Waals surface area (Å²) in [5.41, 5.74) is 3.45. The Morgan fingerprint density at radius 3 is 2.88 bits per heavy atom. The fraction of sp³-hybridized carbons (Fsp3) is 0.364. The first-order chi connectivity index (χ1) is 7.74. The predicted octanol–water partition coefficient (Wildman–Crippen LogP) is 1.72. The van der Waals surface area contributed by atoms with Gasteiger partial charge in [0.15, 0.2) is 0 Å². The number of hydrazine groups is 1. The lowest BCUT2D eigenvalue weighted by Crippen LogP contribution is -2.31. The zero-order chi connectivity index (χ0) is 11.5. The minimum absolute atomic E-state index is 0.395. The maximum absolute atomic E-state index is 5.89. The van der Waals surface area contributed by atoms with Crippen molar-refractivity contribution in [2.24, 2.45) is 10.8 Å². The van der Waals surface area contributed by atoms with Gasteiger partial charge >= 0.3 is 0 Å². The van der Waals surface area contributed by atoms with Crippen molar-refractivity contribution in [3.8, 4) is 5.75 Å². The number of hydrogen-bond donors (Lipinski definition) is 2. The number of hydrogen-bond acceptors (Lipinski definition) is 3. The lowest BCUT2D eigenvalue weighted by molar-refractivity contribution is 0.413. The van der Waals surface area contributed by atoms with Crippen LogP contribution in [-0.4, -0.2) is 19.0 Å². The summed E-state index contributed by atoms with van der Waals surface area (Å²) in [6, 6.07) is 5.78. The molecule has 1 fully saturated rings. The van der Waals surface area contributed by atoms with E-state index in [1.807, 2.05) is 6.07 Å². The van der Waals surface area contributed by atoms with Gasteiger partial charge in [-0.3, -0.25) is 4.99 Å². The van der Waals surface area contributed by atoms with Crippen LogP contribution in [0.15, 0.2) is 23.2 Å². The van der Waals surface area contributed by atoms with Crippen LogP contribution in [0.1, 0.15) is 18.4 Å². The number of nitrogens with one attached hydrogen (secondary N) is 1. The highest BCUT2D eigenvalue weighted by atomic mass is 35.5. The minimum atomic E-state index is 0.395. The monoisotopic (exact) mass is 239 g/mol. The van der Waals surface area contributed by atoms with Crippen molar-refractivity contribution in [1.82, 2.24) is 5.43 Å². The van der Waals surface area contributed by atoms with Crippen molar-refractivity contribution < 1.29 is 4.74 Å². The Bertz CT molecular complexity index is 416. The molecule has 16 heavy (non-hydrogen) atoms. The molecule has 0 saturated heterocycles. The molecule has 1 aromatic rings. The number of halogens is 1. The number of benzene rings is 1. The molecule has 86 valence electrons. The van der Waals surface area contributed by atoms with E-state index in [1.54, 1.807) is 19.2 Å². The molecule has 0 spiro atoms. The van der Waals surface area contributed by atoms with Gasteiger partial charge in [-0.2, -0.15) is 0 Å². The molecule has 1 aliphatic rings. The van der Waals surface area contributed by atoms with Gasteiger partial charge in [0.05, 0.1) is 18.7 Å². The second-order valence-electron chi connectivity index (χ2n) is 3.70. The van der Waals surface area contributed by atoms with Crippen LogP contribution in [-0.2, 0) is 0 Å². The summed E-state index contributed by atoms with van der Waals surface area (Å²) in [5, 5.41) is 0.628. The highest BCUT2D eigenvalue weighted by molar-refractivity contribution is 6.30. The number of methoxy groups -OCH3 is 1. The lowest BCUT2D eigenvalue weighted by atomic mass is 10.2. The molecule has 3 N–H and O–H groups in total. The molecular formula is C11H14ClN3O. The quantitative estimate of drug-likeness (QED) is 0.366. The van der Waals surface area contributed by atoms with E-state index >= 15 is 0 Å². The Morgan fingerprint density at radius 1 is 1.56 bits per heavy atom. The molecule has 1 aliphatic carbocycles. The average Bonchev–Trinajstić information content (AvgIpc) is 3.10. The van der Waals surface area contributed by atoms with Crippen molar-refractivity contribution in [2.45, 2.75) is 18.9 Å². The molecule has 4 nitrogen and oxygen atoms in total. The predicted molar refractivity (Wildman–Crippen MR) is 64.9 cm³/mol. The topological polar surface area (TPSA) is 59.6 Å². The number of aliphatic imine (C=N–C) groups is 1.